The van der Waals surface area contributed by atoms with Crippen LogP contribution in [0.5, 0.6) is 0 Å². The van der Waals surface area contributed by atoms with E-state index in [1.165, 1.54) is 27.8 Å². The lowest BCUT2D eigenvalue weighted by Crippen LogP contribution is -2.16. The van der Waals surface area contributed by atoms with Crippen LogP contribution in [0.25, 0.3) is 0 Å². The van der Waals surface area contributed by atoms with Gasteiger partial charge in [-0.3, -0.25) is 0 Å². The zero-order valence-electron chi connectivity index (χ0n) is 12.8. The van der Waals surface area contributed by atoms with Crippen molar-refractivity contribution in [1.82, 2.24) is 0 Å². The first-order chi connectivity index (χ1) is 9.61. The van der Waals surface area contributed by atoms with Gasteiger partial charge in [0, 0.05) is 0 Å². The second-order valence-corrected chi connectivity index (χ2v) is 5.77. The summed E-state index contributed by atoms with van der Waals surface area (Å²) >= 11 is 0. The zero-order chi connectivity index (χ0) is 14.5. The number of aryl methyl sites for hydroxylation is 4. The van der Waals surface area contributed by atoms with Crippen molar-refractivity contribution in [1.29, 1.82) is 0 Å². The summed E-state index contributed by atoms with van der Waals surface area (Å²) in [4.78, 5) is 0. The number of nitrogens with two attached hydrogens (primary N) is 1. The summed E-state index contributed by atoms with van der Waals surface area (Å²) in [6.07, 6.45) is 2.21. The molecule has 1 atom stereocenters. The van der Waals surface area contributed by atoms with E-state index in [9.17, 15) is 0 Å². The van der Waals surface area contributed by atoms with Crippen molar-refractivity contribution in [2.45, 2.75) is 39.5 Å². The Morgan fingerprint density at radius 3 is 2.10 bits per heavy atom. The number of hydrogen-bond donors (Lipinski definition) is 1. The van der Waals surface area contributed by atoms with E-state index in [4.69, 9.17) is 5.73 Å². The molecule has 0 fully saturated rings. The molecule has 0 amide bonds. The lowest BCUT2D eigenvalue weighted by Gasteiger charge is -2.21. The average Bonchev–Trinajstić information content (AvgIpc) is 2.42. The average molecular weight is 267 g/mol. The summed E-state index contributed by atoms with van der Waals surface area (Å²) in [6, 6.07) is 15.2. The Bertz CT molecular complexity index is 534. The lowest BCUT2D eigenvalue weighted by molar-refractivity contribution is 0.627. The standard InChI is InChI=1S/C19H25N/c1-14-11-15(2)19(16(3)12-14)18(13-20)10-9-17-7-5-4-6-8-17/h4-8,11-12,18H,9-10,13,20H2,1-3H3. The summed E-state index contributed by atoms with van der Waals surface area (Å²) in [6.45, 7) is 7.30. The molecular formula is C19H25N. The molecule has 2 N–H and O–H groups in total. The third kappa shape index (κ3) is 3.49. The van der Waals surface area contributed by atoms with Crippen LogP contribution in [-0.2, 0) is 6.42 Å². The van der Waals surface area contributed by atoms with Crippen molar-refractivity contribution in [3.05, 3.63) is 70.3 Å². The van der Waals surface area contributed by atoms with Gasteiger partial charge in [-0.1, -0.05) is 48.0 Å². The Morgan fingerprint density at radius 1 is 0.950 bits per heavy atom. The zero-order valence-corrected chi connectivity index (χ0v) is 12.8. The van der Waals surface area contributed by atoms with Gasteiger partial charge in [-0.15, -0.1) is 0 Å². The SMILES string of the molecule is Cc1cc(C)c(C(CN)CCc2ccccc2)c(C)c1. The van der Waals surface area contributed by atoms with E-state index in [1.54, 1.807) is 0 Å². The third-order valence-electron chi connectivity index (χ3n) is 4.06. The first-order valence-electron chi connectivity index (χ1n) is 7.43. The monoisotopic (exact) mass is 267 g/mol. The highest BCUT2D eigenvalue weighted by molar-refractivity contribution is 5.40. The third-order valence-corrected chi connectivity index (χ3v) is 4.06. The molecule has 1 heteroatoms. The largest absolute Gasteiger partial charge is 0.330 e. The molecule has 0 radical (unpaired) electrons. The Kier molecular flexibility index (Phi) is 4.97. The van der Waals surface area contributed by atoms with Crippen LogP contribution in [0.15, 0.2) is 42.5 Å². The van der Waals surface area contributed by atoms with Crippen LogP contribution in [0.1, 0.15) is 40.2 Å². The summed E-state index contributed by atoms with van der Waals surface area (Å²) in [5.74, 6) is 0.454. The molecule has 0 aliphatic heterocycles. The number of benzene rings is 2. The molecule has 2 rings (SSSR count). The highest BCUT2D eigenvalue weighted by Gasteiger charge is 2.15. The van der Waals surface area contributed by atoms with Gasteiger partial charge in [-0.25, -0.2) is 0 Å². The fourth-order valence-electron chi connectivity index (χ4n) is 3.20. The van der Waals surface area contributed by atoms with Crippen molar-refractivity contribution >= 4 is 0 Å². The molecule has 2 aromatic rings. The normalized spacial score (nSPS) is 12.4. The van der Waals surface area contributed by atoms with Gasteiger partial charge in [0.2, 0.25) is 0 Å². The lowest BCUT2D eigenvalue weighted by atomic mass is 9.86. The first kappa shape index (κ1) is 14.8. The minimum absolute atomic E-state index is 0.454. The molecule has 0 saturated carbocycles. The molecule has 0 spiro atoms. The Labute approximate surface area is 122 Å². The topological polar surface area (TPSA) is 26.0 Å². The van der Waals surface area contributed by atoms with Gasteiger partial charge >= 0.3 is 0 Å². The van der Waals surface area contributed by atoms with Crippen molar-refractivity contribution in [2.24, 2.45) is 5.73 Å². The minimum Gasteiger partial charge on any atom is -0.330 e. The minimum atomic E-state index is 0.454. The molecule has 0 heterocycles. The number of rotatable bonds is 5. The maximum atomic E-state index is 6.04. The van der Waals surface area contributed by atoms with Crippen LogP contribution in [0.2, 0.25) is 0 Å². The van der Waals surface area contributed by atoms with Gasteiger partial charge in [-0.2, -0.15) is 0 Å². The fourth-order valence-corrected chi connectivity index (χ4v) is 3.20. The fraction of sp³-hybridized carbons (Fsp3) is 0.368. The molecule has 2 aromatic carbocycles. The molecule has 0 aromatic heterocycles. The molecule has 0 bridgehead atoms. The van der Waals surface area contributed by atoms with Crippen LogP contribution in [-0.4, -0.2) is 6.54 Å². The van der Waals surface area contributed by atoms with E-state index in [1.807, 2.05) is 0 Å². The predicted molar refractivity (Wildman–Crippen MR) is 87.2 cm³/mol. The van der Waals surface area contributed by atoms with Gasteiger partial charge < -0.3 is 5.73 Å². The Hall–Kier alpha value is -1.60. The summed E-state index contributed by atoms with van der Waals surface area (Å²) in [5.41, 5.74) is 13.0. The van der Waals surface area contributed by atoms with Crippen molar-refractivity contribution in [2.75, 3.05) is 6.54 Å². The van der Waals surface area contributed by atoms with Crippen molar-refractivity contribution in [3.63, 3.8) is 0 Å². The maximum absolute atomic E-state index is 6.04. The van der Waals surface area contributed by atoms with E-state index < -0.39 is 0 Å². The molecular weight excluding hydrogens is 242 g/mol. The summed E-state index contributed by atoms with van der Waals surface area (Å²) in [7, 11) is 0. The Balaban J connectivity index is 2.17. The van der Waals surface area contributed by atoms with E-state index in [-0.39, 0.29) is 0 Å². The smallest absolute Gasteiger partial charge is 0.000792 e. The van der Waals surface area contributed by atoms with Crippen LogP contribution in [0, 0.1) is 20.8 Å². The quantitative estimate of drug-likeness (QED) is 0.859. The highest BCUT2D eigenvalue weighted by Crippen LogP contribution is 2.28. The molecule has 1 nitrogen and oxygen atoms in total. The predicted octanol–water partition coefficient (Wildman–Crippen LogP) is 4.29. The van der Waals surface area contributed by atoms with Gasteiger partial charge in [0.05, 0.1) is 0 Å². The van der Waals surface area contributed by atoms with E-state index in [0.29, 0.717) is 5.92 Å². The van der Waals surface area contributed by atoms with Crippen molar-refractivity contribution in [3.8, 4) is 0 Å². The second-order valence-electron chi connectivity index (χ2n) is 5.77. The van der Waals surface area contributed by atoms with Crippen LogP contribution < -0.4 is 5.73 Å². The number of hydrogen-bond acceptors (Lipinski definition) is 1. The summed E-state index contributed by atoms with van der Waals surface area (Å²) in [5, 5.41) is 0. The molecule has 106 valence electrons. The Morgan fingerprint density at radius 2 is 1.55 bits per heavy atom. The second kappa shape index (κ2) is 6.71. The maximum Gasteiger partial charge on any atom is -0.000792 e. The van der Waals surface area contributed by atoms with Gasteiger partial charge in [-0.05, 0) is 68.3 Å². The van der Waals surface area contributed by atoms with E-state index >= 15 is 0 Å². The van der Waals surface area contributed by atoms with E-state index in [0.717, 1.165) is 19.4 Å². The van der Waals surface area contributed by atoms with Crippen LogP contribution >= 0.6 is 0 Å². The van der Waals surface area contributed by atoms with Crippen LogP contribution in [0.4, 0.5) is 0 Å². The van der Waals surface area contributed by atoms with Gasteiger partial charge in [0.15, 0.2) is 0 Å². The summed E-state index contributed by atoms with van der Waals surface area (Å²) < 4.78 is 0. The molecule has 0 aliphatic rings. The van der Waals surface area contributed by atoms with Gasteiger partial charge in [0.1, 0.15) is 0 Å². The molecule has 0 aliphatic carbocycles. The first-order valence-corrected chi connectivity index (χ1v) is 7.43. The van der Waals surface area contributed by atoms with E-state index in [2.05, 4.69) is 63.2 Å². The molecule has 0 saturated heterocycles. The van der Waals surface area contributed by atoms with Crippen molar-refractivity contribution < 1.29 is 0 Å². The van der Waals surface area contributed by atoms with Gasteiger partial charge in [0.25, 0.3) is 0 Å². The molecule has 20 heavy (non-hydrogen) atoms. The molecule has 1 unspecified atom stereocenters. The highest BCUT2D eigenvalue weighted by atomic mass is 14.5. The van der Waals surface area contributed by atoms with Crippen LogP contribution in [0.3, 0.4) is 0 Å².